The molecule has 2 aromatic rings. The van der Waals surface area contributed by atoms with Crippen molar-refractivity contribution in [2.45, 2.75) is 32.1 Å². The van der Waals surface area contributed by atoms with Crippen LogP contribution in [-0.4, -0.2) is 23.2 Å². The Morgan fingerprint density at radius 3 is 2.85 bits per heavy atom. The van der Waals surface area contributed by atoms with Crippen molar-refractivity contribution in [1.29, 1.82) is 0 Å². The second-order valence-electron chi connectivity index (χ2n) is 5.61. The van der Waals surface area contributed by atoms with Crippen LogP contribution in [0.5, 0.6) is 0 Å². The first kappa shape index (κ1) is 15.0. The summed E-state index contributed by atoms with van der Waals surface area (Å²) in [5.74, 6) is 1.54. The number of aromatic nitrogens is 2. The summed E-state index contributed by atoms with van der Waals surface area (Å²) in [6.07, 6.45) is 1.79. The number of aryl methyl sites for hydroxylation is 1. The Balaban J connectivity index is 0.00000147. The van der Waals surface area contributed by atoms with Crippen LogP contribution in [0.4, 0.5) is 0 Å². The Morgan fingerprint density at radius 2 is 2.15 bits per heavy atom. The lowest BCUT2D eigenvalue weighted by Crippen LogP contribution is -2.25. The van der Waals surface area contributed by atoms with E-state index in [1.165, 1.54) is 11.1 Å². The third kappa shape index (κ3) is 2.86. The first-order chi connectivity index (χ1) is 9.17. The molecule has 0 amide bonds. The number of nitrogens with zero attached hydrogens (tertiary/aromatic N) is 2. The molecule has 1 aliphatic rings. The van der Waals surface area contributed by atoms with Crippen LogP contribution in [0.3, 0.4) is 0 Å². The van der Waals surface area contributed by atoms with E-state index < -0.39 is 0 Å². The topological polar surface area (TPSA) is 51.0 Å². The largest absolute Gasteiger partial charge is 0.339 e. The van der Waals surface area contributed by atoms with Gasteiger partial charge in [-0.2, -0.15) is 4.98 Å². The number of nitrogens with one attached hydrogen (secondary N) is 1. The van der Waals surface area contributed by atoms with Crippen LogP contribution < -0.4 is 5.32 Å². The van der Waals surface area contributed by atoms with Gasteiger partial charge in [0.25, 0.3) is 0 Å². The van der Waals surface area contributed by atoms with Crippen molar-refractivity contribution >= 4 is 12.4 Å². The number of hydrogen-bond donors (Lipinski definition) is 1. The molecule has 1 atom stereocenters. The van der Waals surface area contributed by atoms with E-state index in [1.807, 2.05) is 12.1 Å². The molecule has 1 aromatic carbocycles. The summed E-state index contributed by atoms with van der Waals surface area (Å²) in [5, 5.41) is 7.48. The van der Waals surface area contributed by atoms with Gasteiger partial charge in [-0.3, -0.25) is 0 Å². The maximum Gasteiger partial charge on any atom is 0.233 e. The quantitative estimate of drug-likeness (QED) is 0.945. The first-order valence-electron chi connectivity index (χ1n) is 6.76. The van der Waals surface area contributed by atoms with Crippen molar-refractivity contribution in [2.24, 2.45) is 0 Å². The van der Waals surface area contributed by atoms with E-state index in [2.05, 4.69) is 41.4 Å². The van der Waals surface area contributed by atoms with Gasteiger partial charge in [0.1, 0.15) is 0 Å². The molecule has 1 unspecified atom stereocenters. The number of rotatable bonds is 3. The molecule has 2 heterocycles. The lowest BCUT2D eigenvalue weighted by Gasteiger charge is -2.15. The lowest BCUT2D eigenvalue weighted by atomic mass is 9.90. The van der Waals surface area contributed by atoms with Gasteiger partial charge >= 0.3 is 0 Å². The highest BCUT2D eigenvalue weighted by Gasteiger charge is 2.36. The fourth-order valence-electron chi connectivity index (χ4n) is 2.55. The minimum atomic E-state index is -0.00299. The lowest BCUT2D eigenvalue weighted by molar-refractivity contribution is 0.304. The summed E-state index contributed by atoms with van der Waals surface area (Å²) < 4.78 is 5.46. The van der Waals surface area contributed by atoms with E-state index >= 15 is 0 Å². The van der Waals surface area contributed by atoms with Crippen LogP contribution in [0.1, 0.15) is 36.2 Å². The standard InChI is InChI=1S/C15H19N3O.ClH/c1-11-5-3-4-6-12(11)9-13-17-14(19-18-13)15(2)7-8-16-10-15;/h3-6,16H,7-10H2,1-2H3;1H. The molecule has 5 heteroatoms. The molecule has 0 radical (unpaired) electrons. The zero-order chi connectivity index (χ0) is 13.3. The summed E-state index contributed by atoms with van der Waals surface area (Å²) >= 11 is 0. The van der Waals surface area contributed by atoms with E-state index in [4.69, 9.17) is 4.52 Å². The van der Waals surface area contributed by atoms with E-state index in [0.717, 1.165) is 37.6 Å². The van der Waals surface area contributed by atoms with Crippen LogP contribution in [0.2, 0.25) is 0 Å². The molecule has 4 nitrogen and oxygen atoms in total. The van der Waals surface area contributed by atoms with Gasteiger partial charge < -0.3 is 9.84 Å². The normalized spacial score (nSPS) is 21.7. The molecule has 3 rings (SSSR count). The highest BCUT2D eigenvalue weighted by molar-refractivity contribution is 5.85. The Labute approximate surface area is 125 Å². The van der Waals surface area contributed by atoms with Crippen LogP contribution >= 0.6 is 12.4 Å². The second kappa shape index (κ2) is 5.94. The summed E-state index contributed by atoms with van der Waals surface area (Å²) in [5.41, 5.74) is 2.52. The van der Waals surface area contributed by atoms with Gasteiger partial charge in [-0.05, 0) is 37.9 Å². The maximum absolute atomic E-state index is 5.46. The average molecular weight is 294 g/mol. The summed E-state index contributed by atoms with van der Waals surface area (Å²) in [6, 6.07) is 8.32. The molecule has 1 N–H and O–H groups in total. The second-order valence-corrected chi connectivity index (χ2v) is 5.61. The fraction of sp³-hybridized carbons (Fsp3) is 0.467. The van der Waals surface area contributed by atoms with Gasteiger partial charge in [0.15, 0.2) is 5.82 Å². The molecule has 1 aromatic heterocycles. The van der Waals surface area contributed by atoms with Crippen molar-refractivity contribution in [3.8, 4) is 0 Å². The van der Waals surface area contributed by atoms with E-state index in [9.17, 15) is 0 Å². The zero-order valence-electron chi connectivity index (χ0n) is 11.8. The molecule has 1 aliphatic heterocycles. The summed E-state index contributed by atoms with van der Waals surface area (Å²) in [7, 11) is 0. The van der Waals surface area contributed by atoms with Gasteiger partial charge in [0.2, 0.25) is 5.89 Å². The van der Waals surface area contributed by atoms with Gasteiger partial charge in [0.05, 0.1) is 5.41 Å². The summed E-state index contributed by atoms with van der Waals surface area (Å²) in [6.45, 7) is 6.22. The van der Waals surface area contributed by atoms with Crippen molar-refractivity contribution < 1.29 is 4.52 Å². The molecule has 0 saturated carbocycles. The number of benzene rings is 1. The van der Waals surface area contributed by atoms with E-state index in [-0.39, 0.29) is 17.8 Å². The predicted octanol–water partition coefficient (Wildman–Crippen LogP) is 2.64. The van der Waals surface area contributed by atoms with Crippen LogP contribution in [0.25, 0.3) is 0 Å². The smallest absolute Gasteiger partial charge is 0.233 e. The Kier molecular flexibility index (Phi) is 4.45. The molecule has 0 aliphatic carbocycles. The van der Waals surface area contributed by atoms with Crippen molar-refractivity contribution in [2.75, 3.05) is 13.1 Å². The minimum absolute atomic E-state index is 0. The number of halogens is 1. The summed E-state index contributed by atoms with van der Waals surface area (Å²) in [4.78, 5) is 4.58. The molecule has 20 heavy (non-hydrogen) atoms. The van der Waals surface area contributed by atoms with Crippen molar-refractivity contribution in [3.05, 3.63) is 47.1 Å². The number of hydrogen-bond acceptors (Lipinski definition) is 4. The van der Waals surface area contributed by atoms with Gasteiger partial charge in [-0.15, -0.1) is 12.4 Å². The Bertz CT molecular complexity index is 576. The molecule has 108 valence electrons. The van der Waals surface area contributed by atoms with Gasteiger partial charge in [-0.1, -0.05) is 29.4 Å². The zero-order valence-corrected chi connectivity index (χ0v) is 12.7. The first-order valence-corrected chi connectivity index (χ1v) is 6.76. The predicted molar refractivity (Wildman–Crippen MR) is 80.4 cm³/mol. The molecule has 0 bridgehead atoms. The van der Waals surface area contributed by atoms with Crippen molar-refractivity contribution in [3.63, 3.8) is 0 Å². The molecular weight excluding hydrogens is 274 g/mol. The minimum Gasteiger partial charge on any atom is -0.339 e. The Morgan fingerprint density at radius 1 is 1.35 bits per heavy atom. The molecule has 0 spiro atoms. The third-order valence-corrected chi connectivity index (χ3v) is 3.96. The molecule has 1 fully saturated rings. The average Bonchev–Trinajstić information content (AvgIpc) is 3.02. The maximum atomic E-state index is 5.46. The van der Waals surface area contributed by atoms with E-state index in [0.29, 0.717) is 0 Å². The van der Waals surface area contributed by atoms with Crippen molar-refractivity contribution in [1.82, 2.24) is 15.5 Å². The van der Waals surface area contributed by atoms with Crippen LogP contribution in [-0.2, 0) is 11.8 Å². The van der Waals surface area contributed by atoms with Crippen LogP contribution in [0.15, 0.2) is 28.8 Å². The monoisotopic (exact) mass is 293 g/mol. The third-order valence-electron chi connectivity index (χ3n) is 3.96. The van der Waals surface area contributed by atoms with Gasteiger partial charge in [-0.25, -0.2) is 0 Å². The Hall–Kier alpha value is -1.39. The molecule has 1 saturated heterocycles. The highest BCUT2D eigenvalue weighted by Crippen LogP contribution is 2.28. The van der Waals surface area contributed by atoms with Crippen LogP contribution in [0, 0.1) is 6.92 Å². The fourth-order valence-corrected chi connectivity index (χ4v) is 2.55. The SMILES string of the molecule is Cc1ccccc1Cc1noc(C2(C)CCNC2)n1.Cl. The van der Waals surface area contributed by atoms with E-state index in [1.54, 1.807) is 0 Å². The van der Waals surface area contributed by atoms with Gasteiger partial charge in [0, 0.05) is 13.0 Å². The molecular formula is C15H20ClN3O. The highest BCUT2D eigenvalue weighted by atomic mass is 35.5.